The van der Waals surface area contributed by atoms with E-state index >= 15 is 0 Å². The SMILES string of the molecule is CC(C)c1cn(C)c(=O)c2ncccc12. The molecule has 2 rings (SSSR count). The fourth-order valence-electron chi connectivity index (χ4n) is 1.77. The van der Waals surface area contributed by atoms with Gasteiger partial charge in [-0.1, -0.05) is 19.9 Å². The number of hydrogen-bond acceptors (Lipinski definition) is 2. The number of rotatable bonds is 1. The van der Waals surface area contributed by atoms with E-state index in [9.17, 15) is 4.79 Å². The minimum Gasteiger partial charge on any atom is -0.316 e. The van der Waals surface area contributed by atoms with Crippen molar-refractivity contribution in [3.05, 3.63) is 40.4 Å². The van der Waals surface area contributed by atoms with Crippen molar-refractivity contribution in [3.63, 3.8) is 0 Å². The molecule has 0 amide bonds. The van der Waals surface area contributed by atoms with E-state index < -0.39 is 0 Å². The molecule has 0 saturated heterocycles. The Morgan fingerprint density at radius 1 is 1.40 bits per heavy atom. The lowest BCUT2D eigenvalue weighted by Gasteiger charge is -2.10. The second-order valence-corrected chi connectivity index (χ2v) is 4.05. The van der Waals surface area contributed by atoms with Crippen LogP contribution in [0.5, 0.6) is 0 Å². The molecule has 3 nitrogen and oxygen atoms in total. The van der Waals surface area contributed by atoms with E-state index in [4.69, 9.17) is 0 Å². The zero-order valence-corrected chi connectivity index (χ0v) is 9.19. The normalized spacial score (nSPS) is 11.2. The summed E-state index contributed by atoms with van der Waals surface area (Å²) in [5.74, 6) is 0.392. The van der Waals surface area contributed by atoms with Gasteiger partial charge in [0.1, 0.15) is 5.52 Å². The Bertz CT molecular complexity index is 555. The van der Waals surface area contributed by atoms with Crippen LogP contribution in [0.15, 0.2) is 29.3 Å². The maximum absolute atomic E-state index is 11.8. The van der Waals surface area contributed by atoms with Gasteiger partial charge in [-0.3, -0.25) is 9.78 Å². The first kappa shape index (κ1) is 9.90. The van der Waals surface area contributed by atoms with Gasteiger partial charge in [-0.05, 0) is 17.5 Å². The van der Waals surface area contributed by atoms with Gasteiger partial charge in [0.2, 0.25) is 0 Å². The molecule has 0 N–H and O–H groups in total. The highest BCUT2D eigenvalue weighted by molar-refractivity contribution is 5.81. The van der Waals surface area contributed by atoms with Crippen molar-refractivity contribution < 1.29 is 0 Å². The van der Waals surface area contributed by atoms with E-state index in [0.29, 0.717) is 11.4 Å². The van der Waals surface area contributed by atoms with E-state index in [1.54, 1.807) is 17.8 Å². The Morgan fingerprint density at radius 2 is 2.13 bits per heavy atom. The highest BCUT2D eigenvalue weighted by atomic mass is 16.1. The zero-order chi connectivity index (χ0) is 11.0. The Morgan fingerprint density at radius 3 is 2.80 bits per heavy atom. The molecule has 0 saturated carbocycles. The van der Waals surface area contributed by atoms with Crippen molar-refractivity contribution >= 4 is 10.9 Å². The number of nitrogens with zero attached hydrogens (tertiary/aromatic N) is 2. The maximum atomic E-state index is 11.8. The summed E-state index contributed by atoms with van der Waals surface area (Å²) >= 11 is 0. The van der Waals surface area contributed by atoms with Crippen LogP contribution in [0.3, 0.4) is 0 Å². The summed E-state index contributed by atoms with van der Waals surface area (Å²) < 4.78 is 1.60. The Hall–Kier alpha value is -1.64. The summed E-state index contributed by atoms with van der Waals surface area (Å²) in [5.41, 5.74) is 1.70. The minimum atomic E-state index is -0.0324. The van der Waals surface area contributed by atoms with Crippen LogP contribution < -0.4 is 5.56 Å². The molecule has 78 valence electrons. The van der Waals surface area contributed by atoms with Gasteiger partial charge in [0.15, 0.2) is 0 Å². The predicted molar refractivity (Wildman–Crippen MR) is 61.1 cm³/mol. The van der Waals surface area contributed by atoms with Crippen LogP contribution >= 0.6 is 0 Å². The Balaban J connectivity index is 2.95. The van der Waals surface area contributed by atoms with Crippen LogP contribution in [0.4, 0.5) is 0 Å². The average molecular weight is 202 g/mol. The van der Waals surface area contributed by atoms with E-state index in [1.807, 2.05) is 18.3 Å². The van der Waals surface area contributed by atoms with Crippen molar-refractivity contribution in [2.24, 2.45) is 7.05 Å². The standard InChI is InChI=1S/C12H14N2O/c1-8(2)10-7-14(3)12(15)11-9(10)5-4-6-13-11/h4-8H,1-3H3. The molecule has 3 heteroatoms. The summed E-state index contributed by atoms with van der Waals surface area (Å²) in [6.45, 7) is 4.23. The Kier molecular flexibility index (Phi) is 2.31. The fourth-order valence-corrected chi connectivity index (χ4v) is 1.77. The molecule has 2 heterocycles. The molecule has 0 fully saturated rings. The third-order valence-electron chi connectivity index (χ3n) is 2.60. The van der Waals surface area contributed by atoms with Crippen LogP contribution in [-0.4, -0.2) is 9.55 Å². The molecule has 15 heavy (non-hydrogen) atoms. The molecule has 0 atom stereocenters. The van der Waals surface area contributed by atoms with Crippen LogP contribution in [0.2, 0.25) is 0 Å². The molecular weight excluding hydrogens is 188 g/mol. The average Bonchev–Trinajstić information content (AvgIpc) is 2.23. The van der Waals surface area contributed by atoms with E-state index in [-0.39, 0.29) is 5.56 Å². The molecule has 2 aromatic rings. The van der Waals surface area contributed by atoms with Crippen LogP contribution in [-0.2, 0) is 7.05 Å². The second kappa shape index (κ2) is 3.50. The summed E-state index contributed by atoms with van der Waals surface area (Å²) in [4.78, 5) is 16.0. The zero-order valence-electron chi connectivity index (χ0n) is 9.19. The van der Waals surface area contributed by atoms with Gasteiger partial charge in [-0.2, -0.15) is 0 Å². The van der Waals surface area contributed by atoms with Crippen LogP contribution in [0.1, 0.15) is 25.3 Å². The molecule has 0 unspecified atom stereocenters. The number of hydrogen-bond donors (Lipinski definition) is 0. The van der Waals surface area contributed by atoms with Gasteiger partial charge < -0.3 is 4.57 Å². The van der Waals surface area contributed by atoms with Crippen molar-refractivity contribution in [1.29, 1.82) is 0 Å². The first-order chi connectivity index (χ1) is 7.11. The van der Waals surface area contributed by atoms with E-state index in [1.165, 1.54) is 5.56 Å². The van der Waals surface area contributed by atoms with Gasteiger partial charge >= 0.3 is 0 Å². The van der Waals surface area contributed by atoms with Crippen LogP contribution in [0, 0.1) is 0 Å². The van der Waals surface area contributed by atoms with E-state index in [2.05, 4.69) is 18.8 Å². The number of aryl methyl sites for hydroxylation is 1. The lowest BCUT2D eigenvalue weighted by Crippen LogP contribution is -2.18. The third-order valence-corrected chi connectivity index (χ3v) is 2.60. The quantitative estimate of drug-likeness (QED) is 0.709. The second-order valence-electron chi connectivity index (χ2n) is 4.05. The molecular formula is C12H14N2O. The smallest absolute Gasteiger partial charge is 0.276 e. The van der Waals surface area contributed by atoms with Crippen molar-refractivity contribution in [1.82, 2.24) is 9.55 Å². The number of pyridine rings is 2. The number of fused-ring (bicyclic) bond motifs is 1. The summed E-state index contributed by atoms with van der Waals surface area (Å²) in [6, 6.07) is 3.83. The van der Waals surface area contributed by atoms with Crippen molar-refractivity contribution in [3.8, 4) is 0 Å². The van der Waals surface area contributed by atoms with Crippen LogP contribution in [0.25, 0.3) is 10.9 Å². The minimum absolute atomic E-state index is 0.0324. The summed E-state index contributed by atoms with van der Waals surface area (Å²) in [5, 5.41) is 0.968. The lowest BCUT2D eigenvalue weighted by atomic mass is 10.0. The Labute approximate surface area is 88.4 Å². The molecule has 0 aromatic carbocycles. The molecule has 0 bridgehead atoms. The van der Waals surface area contributed by atoms with Gasteiger partial charge in [0.05, 0.1) is 0 Å². The van der Waals surface area contributed by atoms with Crippen molar-refractivity contribution in [2.45, 2.75) is 19.8 Å². The molecule has 0 radical (unpaired) electrons. The molecule has 0 aliphatic heterocycles. The van der Waals surface area contributed by atoms with Gasteiger partial charge in [-0.25, -0.2) is 0 Å². The topological polar surface area (TPSA) is 34.9 Å². The fraction of sp³-hybridized carbons (Fsp3) is 0.333. The largest absolute Gasteiger partial charge is 0.316 e. The van der Waals surface area contributed by atoms with Gasteiger partial charge in [-0.15, -0.1) is 0 Å². The van der Waals surface area contributed by atoms with E-state index in [0.717, 1.165) is 5.39 Å². The predicted octanol–water partition coefficient (Wildman–Crippen LogP) is 2.06. The lowest BCUT2D eigenvalue weighted by molar-refractivity contribution is 0.807. The van der Waals surface area contributed by atoms with Gasteiger partial charge in [0.25, 0.3) is 5.56 Å². The highest BCUT2D eigenvalue weighted by Crippen LogP contribution is 2.21. The molecule has 0 aliphatic carbocycles. The molecule has 0 aliphatic rings. The summed E-state index contributed by atoms with van der Waals surface area (Å²) in [7, 11) is 1.77. The third kappa shape index (κ3) is 1.54. The monoisotopic (exact) mass is 202 g/mol. The van der Waals surface area contributed by atoms with Crippen molar-refractivity contribution in [2.75, 3.05) is 0 Å². The number of aromatic nitrogens is 2. The first-order valence-electron chi connectivity index (χ1n) is 5.05. The highest BCUT2D eigenvalue weighted by Gasteiger charge is 2.09. The molecule has 0 spiro atoms. The maximum Gasteiger partial charge on any atom is 0.276 e. The molecule has 2 aromatic heterocycles. The summed E-state index contributed by atoms with van der Waals surface area (Å²) in [6.07, 6.45) is 3.56. The first-order valence-corrected chi connectivity index (χ1v) is 5.05. The van der Waals surface area contributed by atoms with Gasteiger partial charge in [0, 0.05) is 24.8 Å².